The molecule has 0 spiro atoms. The molecule has 2 rings (SSSR count). The number of hydrogen-bond donors (Lipinski definition) is 0. The van der Waals surface area contributed by atoms with E-state index in [4.69, 9.17) is 0 Å². The Bertz CT molecular complexity index is 506. The van der Waals surface area contributed by atoms with E-state index in [1.807, 2.05) is 6.07 Å². The Kier molecular flexibility index (Phi) is 3.47. The maximum atomic E-state index is 13.8. The lowest BCUT2D eigenvalue weighted by Crippen LogP contribution is -1.90. The highest BCUT2D eigenvalue weighted by Gasteiger charge is 2.06. The Morgan fingerprint density at radius 2 is 1.94 bits per heavy atom. The maximum absolute atomic E-state index is 13.8. The standard InChI is InChI=1S/C14H13F2N/c1-2-3-10-4-6-12(13(15)8-10)11-5-7-14(16)17-9-11/h4-9H,2-3H2,1H3. The van der Waals surface area contributed by atoms with Crippen molar-refractivity contribution in [1.82, 2.24) is 4.98 Å². The maximum Gasteiger partial charge on any atom is 0.212 e. The minimum atomic E-state index is -0.559. The highest BCUT2D eigenvalue weighted by atomic mass is 19.1. The summed E-state index contributed by atoms with van der Waals surface area (Å²) < 4.78 is 26.5. The van der Waals surface area contributed by atoms with Gasteiger partial charge in [-0.2, -0.15) is 4.39 Å². The highest BCUT2D eigenvalue weighted by Crippen LogP contribution is 2.23. The molecule has 88 valence electrons. The van der Waals surface area contributed by atoms with Crippen molar-refractivity contribution in [3.8, 4) is 11.1 Å². The monoisotopic (exact) mass is 233 g/mol. The molecule has 0 unspecified atom stereocenters. The van der Waals surface area contributed by atoms with Gasteiger partial charge in [0, 0.05) is 17.3 Å². The van der Waals surface area contributed by atoms with Crippen LogP contribution in [0.25, 0.3) is 11.1 Å². The van der Waals surface area contributed by atoms with Gasteiger partial charge in [-0.3, -0.25) is 0 Å². The van der Waals surface area contributed by atoms with E-state index < -0.39 is 5.95 Å². The van der Waals surface area contributed by atoms with Gasteiger partial charge in [0.25, 0.3) is 0 Å². The lowest BCUT2D eigenvalue weighted by atomic mass is 10.0. The summed E-state index contributed by atoms with van der Waals surface area (Å²) in [6.45, 7) is 2.05. The minimum absolute atomic E-state index is 0.288. The smallest absolute Gasteiger partial charge is 0.212 e. The Morgan fingerprint density at radius 3 is 2.53 bits per heavy atom. The Hall–Kier alpha value is -1.77. The third-order valence-corrected chi connectivity index (χ3v) is 2.61. The number of hydrogen-bond acceptors (Lipinski definition) is 1. The van der Waals surface area contributed by atoms with E-state index in [-0.39, 0.29) is 5.82 Å². The van der Waals surface area contributed by atoms with E-state index in [1.165, 1.54) is 24.4 Å². The van der Waals surface area contributed by atoms with E-state index in [2.05, 4.69) is 11.9 Å². The third kappa shape index (κ3) is 2.67. The lowest BCUT2D eigenvalue weighted by Gasteiger charge is -2.05. The van der Waals surface area contributed by atoms with Crippen LogP contribution in [0, 0.1) is 11.8 Å². The van der Waals surface area contributed by atoms with Gasteiger partial charge >= 0.3 is 0 Å². The zero-order valence-electron chi connectivity index (χ0n) is 9.58. The molecule has 0 amide bonds. The Balaban J connectivity index is 2.36. The van der Waals surface area contributed by atoms with E-state index in [1.54, 1.807) is 6.07 Å². The fourth-order valence-corrected chi connectivity index (χ4v) is 1.77. The molecule has 2 aromatic rings. The molecule has 0 aliphatic heterocycles. The van der Waals surface area contributed by atoms with Crippen LogP contribution >= 0.6 is 0 Å². The molecule has 0 N–H and O–H groups in total. The van der Waals surface area contributed by atoms with E-state index in [0.717, 1.165) is 18.4 Å². The van der Waals surface area contributed by atoms with Gasteiger partial charge in [-0.25, -0.2) is 9.37 Å². The van der Waals surface area contributed by atoms with Crippen LogP contribution < -0.4 is 0 Å². The average Bonchev–Trinajstić information content (AvgIpc) is 2.31. The van der Waals surface area contributed by atoms with Gasteiger partial charge in [0.15, 0.2) is 0 Å². The fourth-order valence-electron chi connectivity index (χ4n) is 1.77. The number of rotatable bonds is 3. The summed E-state index contributed by atoms with van der Waals surface area (Å²) in [4.78, 5) is 3.52. The number of benzene rings is 1. The first-order valence-electron chi connectivity index (χ1n) is 5.61. The molecule has 0 saturated carbocycles. The normalized spacial score (nSPS) is 10.5. The van der Waals surface area contributed by atoms with Crippen LogP contribution in [0.15, 0.2) is 36.5 Å². The summed E-state index contributed by atoms with van der Waals surface area (Å²) in [5.41, 5.74) is 2.02. The molecule has 0 aliphatic carbocycles. The molecule has 17 heavy (non-hydrogen) atoms. The molecule has 3 heteroatoms. The quantitative estimate of drug-likeness (QED) is 0.731. The first-order valence-corrected chi connectivity index (χ1v) is 5.61. The largest absolute Gasteiger partial charge is 0.228 e. The summed E-state index contributed by atoms with van der Waals surface area (Å²) >= 11 is 0. The molecule has 0 bridgehead atoms. The van der Waals surface area contributed by atoms with E-state index >= 15 is 0 Å². The Morgan fingerprint density at radius 1 is 1.12 bits per heavy atom. The molecular weight excluding hydrogens is 220 g/mol. The van der Waals surface area contributed by atoms with Crippen LogP contribution in [0.1, 0.15) is 18.9 Å². The fraction of sp³-hybridized carbons (Fsp3) is 0.214. The second kappa shape index (κ2) is 5.04. The van der Waals surface area contributed by atoms with Gasteiger partial charge in [0.2, 0.25) is 5.95 Å². The van der Waals surface area contributed by atoms with Gasteiger partial charge in [0.05, 0.1) is 0 Å². The number of pyridine rings is 1. The molecule has 1 heterocycles. The second-order valence-electron chi connectivity index (χ2n) is 3.93. The first kappa shape index (κ1) is 11.7. The lowest BCUT2D eigenvalue weighted by molar-refractivity contribution is 0.583. The van der Waals surface area contributed by atoms with Crippen LogP contribution in [-0.4, -0.2) is 4.98 Å². The van der Waals surface area contributed by atoms with Crippen molar-refractivity contribution in [2.45, 2.75) is 19.8 Å². The molecule has 0 radical (unpaired) electrons. The van der Waals surface area contributed by atoms with E-state index in [0.29, 0.717) is 11.1 Å². The van der Waals surface area contributed by atoms with Crippen molar-refractivity contribution in [2.24, 2.45) is 0 Å². The first-order chi connectivity index (χ1) is 8.20. The second-order valence-corrected chi connectivity index (χ2v) is 3.93. The van der Waals surface area contributed by atoms with Crippen molar-refractivity contribution >= 4 is 0 Å². The summed E-state index contributed by atoms with van der Waals surface area (Å²) in [7, 11) is 0. The molecular formula is C14H13F2N. The van der Waals surface area contributed by atoms with Crippen LogP contribution in [0.2, 0.25) is 0 Å². The summed E-state index contributed by atoms with van der Waals surface area (Å²) in [5, 5.41) is 0. The van der Waals surface area contributed by atoms with Crippen molar-refractivity contribution in [2.75, 3.05) is 0 Å². The van der Waals surface area contributed by atoms with Crippen molar-refractivity contribution < 1.29 is 8.78 Å². The number of halogens is 2. The topological polar surface area (TPSA) is 12.9 Å². The highest BCUT2D eigenvalue weighted by molar-refractivity contribution is 5.63. The van der Waals surface area contributed by atoms with Crippen molar-refractivity contribution in [3.05, 3.63) is 53.9 Å². The number of aromatic nitrogens is 1. The van der Waals surface area contributed by atoms with Crippen molar-refractivity contribution in [3.63, 3.8) is 0 Å². The predicted octanol–water partition coefficient (Wildman–Crippen LogP) is 3.98. The van der Waals surface area contributed by atoms with E-state index in [9.17, 15) is 8.78 Å². The molecule has 0 atom stereocenters. The van der Waals surface area contributed by atoms with Crippen LogP contribution in [0.5, 0.6) is 0 Å². The Labute approximate surface area is 99.1 Å². The SMILES string of the molecule is CCCc1ccc(-c2ccc(F)nc2)c(F)c1. The van der Waals surface area contributed by atoms with Crippen molar-refractivity contribution in [1.29, 1.82) is 0 Å². The summed E-state index contributed by atoms with van der Waals surface area (Å²) in [6.07, 6.45) is 3.18. The molecule has 0 fully saturated rings. The van der Waals surface area contributed by atoms with Crippen LogP contribution in [-0.2, 0) is 6.42 Å². The van der Waals surface area contributed by atoms with Crippen LogP contribution in [0.4, 0.5) is 8.78 Å². The number of nitrogens with zero attached hydrogens (tertiary/aromatic N) is 1. The zero-order chi connectivity index (χ0) is 12.3. The van der Waals surface area contributed by atoms with Gasteiger partial charge in [-0.05, 0) is 30.2 Å². The molecule has 0 saturated heterocycles. The number of aryl methyl sites for hydroxylation is 1. The molecule has 0 aliphatic rings. The molecule has 1 aromatic heterocycles. The predicted molar refractivity (Wildman–Crippen MR) is 63.6 cm³/mol. The molecule has 1 aromatic carbocycles. The molecule has 1 nitrogen and oxygen atoms in total. The van der Waals surface area contributed by atoms with Gasteiger partial charge in [-0.1, -0.05) is 25.5 Å². The average molecular weight is 233 g/mol. The summed E-state index contributed by atoms with van der Waals surface area (Å²) in [5.74, 6) is -0.846. The van der Waals surface area contributed by atoms with Gasteiger partial charge < -0.3 is 0 Å². The zero-order valence-corrected chi connectivity index (χ0v) is 9.58. The minimum Gasteiger partial charge on any atom is -0.228 e. The van der Waals surface area contributed by atoms with Crippen LogP contribution in [0.3, 0.4) is 0 Å². The van der Waals surface area contributed by atoms with Gasteiger partial charge in [0.1, 0.15) is 5.82 Å². The van der Waals surface area contributed by atoms with Gasteiger partial charge in [-0.15, -0.1) is 0 Å². The summed E-state index contributed by atoms with van der Waals surface area (Å²) in [6, 6.07) is 7.90. The third-order valence-electron chi connectivity index (χ3n) is 2.61.